The second-order valence-corrected chi connectivity index (χ2v) is 8.88. The Labute approximate surface area is 164 Å². The number of hydrogen-bond donors (Lipinski definition) is 1. The number of benzene rings is 2. The molecular weight excluding hydrogens is 378 g/mol. The van der Waals surface area contributed by atoms with E-state index in [2.05, 4.69) is 6.07 Å². The molecule has 2 aliphatic rings. The van der Waals surface area contributed by atoms with Crippen molar-refractivity contribution in [1.82, 2.24) is 4.31 Å². The van der Waals surface area contributed by atoms with Gasteiger partial charge in [0, 0.05) is 11.6 Å². The van der Waals surface area contributed by atoms with Crippen molar-refractivity contribution in [2.75, 3.05) is 39.4 Å². The van der Waals surface area contributed by atoms with Gasteiger partial charge in [-0.1, -0.05) is 12.1 Å². The van der Waals surface area contributed by atoms with Crippen molar-refractivity contribution in [1.29, 1.82) is 5.26 Å². The molecule has 4 rings (SSSR count). The van der Waals surface area contributed by atoms with E-state index in [4.69, 9.17) is 14.7 Å². The molecule has 0 saturated carbocycles. The summed E-state index contributed by atoms with van der Waals surface area (Å²) in [7, 11) is -3.55. The Morgan fingerprint density at radius 3 is 2.36 bits per heavy atom. The first-order valence-electron chi connectivity index (χ1n) is 9.29. The highest BCUT2D eigenvalue weighted by molar-refractivity contribution is 7.89. The maximum atomic E-state index is 13.0. The molecule has 146 valence electrons. The number of nitrogens with zero attached hydrogens (tertiary/aromatic N) is 2. The molecule has 0 aliphatic carbocycles. The van der Waals surface area contributed by atoms with Crippen molar-refractivity contribution in [2.45, 2.75) is 11.4 Å². The molecule has 0 spiro atoms. The Kier molecular flexibility index (Phi) is 5.22. The quantitative estimate of drug-likeness (QED) is 0.804. The fourth-order valence-corrected chi connectivity index (χ4v) is 5.00. The lowest BCUT2D eigenvalue weighted by Gasteiger charge is -2.31. The van der Waals surface area contributed by atoms with E-state index in [1.54, 1.807) is 22.5 Å². The van der Waals surface area contributed by atoms with E-state index in [1.807, 2.05) is 24.3 Å². The minimum absolute atomic E-state index is 0.243. The number of quaternary nitrogens is 1. The summed E-state index contributed by atoms with van der Waals surface area (Å²) in [4.78, 5) is 1.57. The molecule has 1 N–H and O–H groups in total. The third-order valence-electron chi connectivity index (χ3n) is 5.12. The van der Waals surface area contributed by atoms with Gasteiger partial charge in [-0.2, -0.15) is 9.57 Å². The average molecular weight is 400 g/mol. The summed E-state index contributed by atoms with van der Waals surface area (Å²) in [5.41, 5.74) is 1.80. The predicted octanol–water partition coefficient (Wildman–Crippen LogP) is 0.419. The standard InChI is InChI=1S/C20H21N3O4S/c21-14-16-1-3-17(4-2-16)15-22-7-9-23(10-8-22)28(24,25)18-5-6-19-20(13-18)27-12-11-26-19/h1-6,13H,7-12,15H2/p+1. The molecule has 1 saturated heterocycles. The van der Waals surface area contributed by atoms with Crippen molar-refractivity contribution < 1.29 is 22.8 Å². The summed E-state index contributed by atoms with van der Waals surface area (Å²) in [6, 6.07) is 14.5. The average Bonchev–Trinajstić information content (AvgIpc) is 2.74. The van der Waals surface area contributed by atoms with E-state index in [0.717, 1.165) is 25.2 Å². The van der Waals surface area contributed by atoms with Gasteiger partial charge in [0.1, 0.15) is 19.8 Å². The molecule has 2 aromatic carbocycles. The van der Waals surface area contributed by atoms with E-state index in [-0.39, 0.29) is 4.90 Å². The van der Waals surface area contributed by atoms with Crippen LogP contribution < -0.4 is 14.4 Å². The normalized spacial score (nSPS) is 17.8. The van der Waals surface area contributed by atoms with Crippen LogP contribution in [-0.2, 0) is 16.6 Å². The second-order valence-electron chi connectivity index (χ2n) is 6.95. The van der Waals surface area contributed by atoms with Crippen LogP contribution in [-0.4, -0.2) is 52.1 Å². The van der Waals surface area contributed by atoms with Crippen LogP contribution in [0.4, 0.5) is 0 Å². The summed E-state index contributed by atoms with van der Waals surface area (Å²) in [5, 5.41) is 8.88. The van der Waals surface area contributed by atoms with Crippen molar-refractivity contribution >= 4 is 10.0 Å². The molecule has 2 aromatic rings. The van der Waals surface area contributed by atoms with Gasteiger partial charge in [0.05, 0.1) is 42.7 Å². The lowest BCUT2D eigenvalue weighted by molar-refractivity contribution is -0.917. The fourth-order valence-electron chi connectivity index (χ4n) is 3.54. The number of rotatable bonds is 4. The minimum atomic E-state index is -3.55. The van der Waals surface area contributed by atoms with Crippen molar-refractivity contribution in [3.05, 3.63) is 53.6 Å². The molecular formula is C20H22N3O4S+. The SMILES string of the molecule is N#Cc1ccc(C[NH+]2CCN(S(=O)(=O)c3ccc4c(c3)OCCO4)CC2)cc1. The molecule has 28 heavy (non-hydrogen) atoms. The van der Waals surface area contributed by atoms with E-state index >= 15 is 0 Å². The molecule has 2 aliphatic heterocycles. The summed E-state index contributed by atoms with van der Waals surface area (Å²) < 4.78 is 38.5. The largest absolute Gasteiger partial charge is 0.486 e. The van der Waals surface area contributed by atoms with E-state index in [1.165, 1.54) is 4.90 Å². The molecule has 7 nitrogen and oxygen atoms in total. The molecule has 0 bridgehead atoms. The smallest absolute Gasteiger partial charge is 0.243 e. The van der Waals surface area contributed by atoms with Crippen molar-refractivity contribution in [3.8, 4) is 17.6 Å². The third-order valence-corrected chi connectivity index (χ3v) is 7.01. The zero-order valence-electron chi connectivity index (χ0n) is 15.4. The van der Waals surface area contributed by atoms with Gasteiger partial charge in [-0.05, 0) is 24.3 Å². The van der Waals surface area contributed by atoms with Gasteiger partial charge in [-0.3, -0.25) is 0 Å². The summed E-state index contributed by atoms with van der Waals surface area (Å²) >= 11 is 0. The topological polar surface area (TPSA) is 84.1 Å². The van der Waals surface area contributed by atoms with Crippen molar-refractivity contribution in [3.63, 3.8) is 0 Å². The lowest BCUT2D eigenvalue weighted by atomic mass is 10.1. The van der Waals surface area contributed by atoms with Gasteiger partial charge >= 0.3 is 0 Å². The van der Waals surface area contributed by atoms with Crippen LogP contribution in [0.3, 0.4) is 0 Å². The van der Waals surface area contributed by atoms with Gasteiger partial charge in [-0.25, -0.2) is 8.42 Å². The molecule has 0 radical (unpaired) electrons. The molecule has 1 fully saturated rings. The van der Waals surface area contributed by atoms with E-state index < -0.39 is 10.0 Å². The van der Waals surface area contributed by atoms with Gasteiger partial charge < -0.3 is 14.4 Å². The second kappa shape index (κ2) is 7.80. The van der Waals surface area contributed by atoms with Crippen LogP contribution in [0.5, 0.6) is 11.5 Å². The molecule has 0 amide bonds. The Bertz CT molecular complexity index is 991. The van der Waals surface area contributed by atoms with Crippen LogP contribution >= 0.6 is 0 Å². The number of nitriles is 1. The monoisotopic (exact) mass is 400 g/mol. The number of ether oxygens (including phenoxy) is 2. The highest BCUT2D eigenvalue weighted by atomic mass is 32.2. The first kappa shape index (κ1) is 18.7. The number of sulfonamides is 1. The number of nitrogens with one attached hydrogen (secondary N) is 1. The van der Waals surface area contributed by atoms with Gasteiger partial charge in [0.15, 0.2) is 11.5 Å². The Morgan fingerprint density at radius 1 is 1.00 bits per heavy atom. The van der Waals surface area contributed by atoms with Crippen LogP contribution in [0.15, 0.2) is 47.4 Å². The zero-order valence-corrected chi connectivity index (χ0v) is 16.2. The summed E-state index contributed by atoms with van der Waals surface area (Å²) in [6.45, 7) is 4.15. The Morgan fingerprint density at radius 2 is 1.68 bits per heavy atom. The molecule has 0 atom stereocenters. The lowest BCUT2D eigenvalue weighted by Crippen LogP contribution is -3.13. The van der Waals surface area contributed by atoms with Crippen LogP contribution in [0.25, 0.3) is 0 Å². The first-order chi connectivity index (χ1) is 13.6. The van der Waals surface area contributed by atoms with Crippen LogP contribution in [0.2, 0.25) is 0 Å². The van der Waals surface area contributed by atoms with E-state index in [9.17, 15) is 8.42 Å². The highest BCUT2D eigenvalue weighted by Crippen LogP contribution is 2.33. The Balaban J connectivity index is 1.40. The van der Waals surface area contributed by atoms with E-state index in [0.29, 0.717) is 43.4 Å². The minimum Gasteiger partial charge on any atom is -0.486 e. The number of fused-ring (bicyclic) bond motifs is 1. The van der Waals surface area contributed by atoms with Crippen LogP contribution in [0.1, 0.15) is 11.1 Å². The summed E-state index contributed by atoms with van der Waals surface area (Å²) in [5.74, 6) is 1.07. The maximum Gasteiger partial charge on any atom is 0.243 e. The predicted molar refractivity (Wildman–Crippen MR) is 102 cm³/mol. The van der Waals surface area contributed by atoms with Crippen molar-refractivity contribution in [2.24, 2.45) is 0 Å². The Hall–Kier alpha value is -2.60. The molecule has 0 aromatic heterocycles. The fraction of sp³-hybridized carbons (Fsp3) is 0.350. The van der Waals surface area contributed by atoms with Gasteiger partial charge in [0.2, 0.25) is 10.0 Å². The molecule has 0 unspecified atom stereocenters. The molecule has 2 heterocycles. The van der Waals surface area contributed by atoms with Crippen LogP contribution in [0, 0.1) is 11.3 Å². The zero-order chi connectivity index (χ0) is 19.6. The highest BCUT2D eigenvalue weighted by Gasteiger charge is 2.31. The first-order valence-corrected chi connectivity index (χ1v) is 10.7. The summed E-state index contributed by atoms with van der Waals surface area (Å²) in [6.07, 6.45) is 0. The molecule has 8 heteroatoms. The van der Waals surface area contributed by atoms with Gasteiger partial charge in [0.25, 0.3) is 0 Å². The number of piperazine rings is 1. The number of hydrogen-bond acceptors (Lipinski definition) is 5. The maximum absolute atomic E-state index is 13.0. The van der Waals surface area contributed by atoms with Gasteiger partial charge in [-0.15, -0.1) is 0 Å². The third kappa shape index (κ3) is 3.83.